The lowest BCUT2D eigenvalue weighted by Crippen LogP contribution is -2.39. The van der Waals surface area contributed by atoms with Crippen LogP contribution < -0.4 is 24.6 Å². The van der Waals surface area contributed by atoms with E-state index in [4.69, 9.17) is 19.2 Å². The van der Waals surface area contributed by atoms with E-state index in [9.17, 15) is 0 Å². The van der Waals surface area contributed by atoms with Gasteiger partial charge in [-0.15, -0.1) is 0 Å². The Labute approximate surface area is 166 Å². The average molecular weight is 384 g/mol. The van der Waals surface area contributed by atoms with Crippen molar-refractivity contribution >= 4 is 5.69 Å². The van der Waals surface area contributed by atoms with Crippen LogP contribution >= 0.6 is 0 Å². The zero-order chi connectivity index (χ0) is 19.2. The van der Waals surface area contributed by atoms with Crippen molar-refractivity contribution in [3.8, 4) is 17.2 Å². The van der Waals surface area contributed by atoms with Crippen LogP contribution in [0.3, 0.4) is 0 Å². The van der Waals surface area contributed by atoms with Crippen LogP contribution in [0.1, 0.15) is 18.4 Å². The molecule has 6 heteroatoms. The summed E-state index contributed by atoms with van der Waals surface area (Å²) in [4.78, 5) is 12.9. The van der Waals surface area contributed by atoms with Gasteiger partial charge in [-0.3, -0.25) is 0 Å². The van der Waals surface area contributed by atoms with Crippen molar-refractivity contribution in [3.63, 3.8) is 0 Å². The first-order valence-corrected chi connectivity index (χ1v) is 10.0. The second-order valence-electron chi connectivity index (χ2n) is 7.28. The van der Waals surface area contributed by atoms with E-state index in [0.29, 0.717) is 13.2 Å². The van der Waals surface area contributed by atoms with Crippen LogP contribution in [0, 0.1) is 0 Å². The average Bonchev–Trinajstić information content (AvgIpc) is 2.98. The number of hydrogen-bond donors (Lipinski definition) is 1. The fourth-order valence-electron chi connectivity index (χ4n) is 3.49. The molecule has 0 aromatic heterocycles. The van der Waals surface area contributed by atoms with Crippen LogP contribution in [0.2, 0.25) is 0 Å². The summed E-state index contributed by atoms with van der Waals surface area (Å²) in [6, 6.07) is 14.2. The van der Waals surface area contributed by atoms with Crippen LogP contribution in [0.4, 0.5) is 5.69 Å². The minimum Gasteiger partial charge on any atom is -0.486 e. The second kappa shape index (κ2) is 9.17. The van der Waals surface area contributed by atoms with E-state index in [-0.39, 0.29) is 6.10 Å². The van der Waals surface area contributed by atoms with Crippen LogP contribution in [0.25, 0.3) is 0 Å². The Balaban J connectivity index is 1.18. The van der Waals surface area contributed by atoms with Gasteiger partial charge in [-0.1, -0.05) is 18.2 Å². The molecule has 0 saturated heterocycles. The van der Waals surface area contributed by atoms with Gasteiger partial charge in [0, 0.05) is 31.9 Å². The molecular formula is C22H28N2O4. The van der Waals surface area contributed by atoms with Gasteiger partial charge in [0.15, 0.2) is 17.2 Å². The molecule has 2 heterocycles. The molecule has 1 atom stereocenters. The quantitative estimate of drug-likeness (QED) is 0.584. The number of nitrogens with zero attached hydrogens (tertiary/aromatic N) is 1. The van der Waals surface area contributed by atoms with Gasteiger partial charge in [0.25, 0.3) is 0 Å². The fraction of sp³-hybridized carbons (Fsp3) is 0.455. The Hall–Kier alpha value is -2.44. The summed E-state index contributed by atoms with van der Waals surface area (Å²) in [5.41, 5.74) is 2.36. The third-order valence-corrected chi connectivity index (χ3v) is 5.10. The number of para-hydroxylation sites is 2. The SMILES string of the molecule is CN(CCCNCC1COc2ccccc2O1)c1ccc2c(c1)OOCCC2. The fourth-order valence-corrected chi connectivity index (χ4v) is 3.49. The summed E-state index contributed by atoms with van der Waals surface area (Å²) < 4.78 is 11.7. The van der Waals surface area contributed by atoms with Gasteiger partial charge in [0.05, 0.1) is 6.61 Å². The number of aryl methyl sites for hydroxylation is 1. The molecule has 2 aliphatic heterocycles. The maximum Gasteiger partial charge on any atom is 0.170 e. The van der Waals surface area contributed by atoms with E-state index in [1.807, 2.05) is 24.3 Å². The summed E-state index contributed by atoms with van der Waals surface area (Å²) in [5, 5.41) is 3.47. The lowest BCUT2D eigenvalue weighted by molar-refractivity contribution is -0.203. The van der Waals surface area contributed by atoms with Crippen molar-refractivity contribution in [1.29, 1.82) is 0 Å². The summed E-state index contributed by atoms with van der Waals surface area (Å²) >= 11 is 0. The topological polar surface area (TPSA) is 52.2 Å². The number of benzene rings is 2. The molecule has 1 unspecified atom stereocenters. The molecule has 1 N–H and O–H groups in total. The van der Waals surface area contributed by atoms with Crippen molar-refractivity contribution in [1.82, 2.24) is 5.32 Å². The smallest absolute Gasteiger partial charge is 0.170 e. The highest BCUT2D eigenvalue weighted by molar-refractivity contribution is 5.53. The predicted octanol–water partition coefficient (Wildman–Crippen LogP) is 3.20. The van der Waals surface area contributed by atoms with Gasteiger partial charge in [-0.05, 0) is 49.6 Å². The lowest BCUT2D eigenvalue weighted by atomic mass is 10.1. The standard InChI is InChI=1S/C22H28N2O4/c1-24(18-10-9-17-6-4-13-26-28-22(17)14-18)12-5-11-23-15-19-16-25-20-7-2-3-8-21(20)27-19/h2-3,7-10,14,19,23H,4-6,11-13,15-16H2,1H3. The molecule has 4 rings (SSSR count). The number of ether oxygens (including phenoxy) is 2. The Morgan fingerprint density at radius 1 is 1.11 bits per heavy atom. The summed E-state index contributed by atoms with van der Waals surface area (Å²) in [5.74, 6) is 2.50. The molecule has 0 radical (unpaired) electrons. The van der Waals surface area contributed by atoms with Crippen molar-refractivity contribution in [2.24, 2.45) is 0 Å². The second-order valence-corrected chi connectivity index (χ2v) is 7.28. The van der Waals surface area contributed by atoms with Crippen LogP contribution in [-0.4, -0.2) is 46.0 Å². The van der Waals surface area contributed by atoms with E-state index in [2.05, 4.69) is 35.5 Å². The lowest BCUT2D eigenvalue weighted by Gasteiger charge is -2.26. The Morgan fingerprint density at radius 2 is 2.00 bits per heavy atom. The Kier molecular flexibility index (Phi) is 6.19. The molecule has 0 saturated carbocycles. The van der Waals surface area contributed by atoms with Crippen molar-refractivity contribution in [3.05, 3.63) is 48.0 Å². The molecule has 2 aromatic rings. The van der Waals surface area contributed by atoms with E-state index in [1.165, 1.54) is 5.56 Å². The summed E-state index contributed by atoms with van der Waals surface area (Å²) in [7, 11) is 2.11. The van der Waals surface area contributed by atoms with E-state index >= 15 is 0 Å². The Bertz CT molecular complexity index is 783. The predicted molar refractivity (Wildman–Crippen MR) is 108 cm³/mol. The zero-order valence-electron chi connectivity index (χ0n) is 16.4. The maximum absolute atomic E-state index is 5.97. The normalized spacial score (nSPS) is 18.0. The molecule has 2 aliphatic rings. The third-order valence-electron chi connectivity index (χ3n) is 5.10. The molecule has 2 aromatic carbocycles. The highest BCUT2D eigenvalue weighted by Gasteiger charge is 2.20. The van der Waals surface area contributed by atoms with Crippen LogP contribution in [0.15, 0.2) is 42.5 Å². The largest absolute Gasteiger partial charge is 0.486 e. The van der Waals surface area contributed by atoms with Crippen molar-refractivity contribution in [2.75, 3.05) is 44.8 Å². The number of nitrogens with one attached hydrogen (secondary N) is 1. The van der Waals surface area contributed by atoms with Crippen LogP contribution in [-0.2, 0) is 11.3 Å². The number of anilines is 1. The molecule has 28 heavy (non-hydrogen) atoms. The van der Waals surface area contributed by atoms with E-state index < -0.39 is 0 Å². The van der Waals surface area contributed by atoms with Crippen molar-refractivity contribution in [2.45, 2.75) is 25.4 Å². The van der Waals surface area contributed by atoms with Gasteiger partial charge in [-0.25, -0.2) is 0 Å². The highest BCUT2D eigenvalue weighted by Crippen LogP contribution is 2.31. The van der Waals surface area contributed by atoms with E-state index in [0.717, 1.165) is 61.8 Å². The maximum atomic E-state index is 5.97. The molecule has 0 bridgehead atoms. The monoisotopic (exact) mass is 384 g/mol. The molecule has 0 spiro atoms. The van der Waals surface area contributed by atoms with Crippen molar-refractivity contribution < 1.29 is 19.2 Å². The number of rotatable bonds is 7. The van der Waals surface area contributed by atoms with Gasteiger partial charge in [0.2, 0.25) is 0 Å². The van der Waals surface area contributed by atoms with E-state index in [1.54, 1.807) is 0 Å². The van der Waals surface area contributed by atoms with Gasteiger partial charge in [0.1, 0.15) is 12.7 Å². The molecule has 0 aliphatic carbocycles. The first-order valence-electron chi connectivity index (χ1n) is 10.0. The third kappa shape index (κ3) is 4.69. The van der Waals surface area contributed by atoms with Gasteiger partial charge >= 0.3 is 0 Å². The van der Waals surface area contributed by atoms with Crippen LogP contribution in [0.5, 0.6) is 17.2 Å². The molecular weight excluding hydrogens is 356 g/mol. The minimum atomic E-state index is 0.0503. The highest BCUT2D eigenvalue weighted by atomic mass is 17.2. The first-order chi connectivity index (χ1) is 13.8. The molecule has 0 fully saturated rings. The zero-order valence-corrected chi connectivity index (χ0v) is 16.4. The molecule has 0 amide bonds. The van der Waals surface area contributed by atoms with Gasteiger partial charge < -0.3 is 24.6 Å². The van der Waals surface area contributed by atoms with Gasteiger partial charge in [-0.2, -0.15) is 4.89 Å². The summed E-state index contributed by atoms with van der Waals surface area (Å²) in [6.45, 7) is 3.89. The number of fused-ring (bicyclic) bond motifs is 2. The molecule has 150 valence electrons. The number of hydrogen-bond acceptors (Lipinski definition) is 6. The first kappa shape index (κ1) is 18.9. The summed E-state index contributed by atoms with van der Waals surface area (Å²) in [6.07, 6.45) is 3.08. The molecule has 6 nitrogen and oxygen atoms in total. The Morgan fingerprint density at radius 3 is 2.93 bits per heavy atom. The minimum absolute atomic E-state index is 0.0503.